The van der Waals surface area contributed by atoms with Gasteiger partial charge in [0, 0.05) is 25.0 Å². The zero-order valence-corrected chi connectivity index (χ0v) is 11.0. The SMILES string of the molecule is O=C(NC1CCCCC1)N1CC[C@@H](c2ncon2)C1. The summed E-state index contributed by atoms with van der Waals surface area (Å²) in [7, 11) is 0. The fourth-order valence-electron chi connectivity index (χ4n) is 3.03. The molecule has 0 spiro atoms. The predicted molar refractivity (Wildman–Crippen MR) is 68.6 cm³/mol. The molecule has 1 N–H and O–H groups in total. The molecule has 0 radical (unpaired) electrons. The highest BCUT2D eigenvalue weighted by Crippen LogP contribution is 2.25. The second kappa shape index (κ2) is 5.59. The van der Waals surface area contributed by atoms with E-state index in [9.17, 15) is 4.79 Å². The van der Waals surface area contributed by atoms with Gasteiger partial charge in [-0.25, -0.2) is 4.79 Å². The Morgan fingerprint density at radius 1 is 1.32 bits per heavy atom. The third kappa shape index (κ3) is 2.88. The lowest BCUT2D eigenvalue weighted by Gasteiger charge is -2.26. The number of nitrogens with one attached hydrogen (secondary N) is 1. The summed E-state index contributed by atoms with van der Waals surface area (Å²) < 4.78 is 4.76. The van der Waals surface area contributed by atoms with E-state index in [0.29, 0.717) is 18.4 Å². The van der Waals surface area contributed by atoms with Gasteiger partial charge in [-0.2, -0.15) is 4.98 Å². The summed E-state index contributed by atoms with van der Waals surface area (Å²) in [6.45, 7) is 1.47. The smallest absolute Gasteiger partial charge is 0.317 e. The Bertz CT molecular complexity index is 414. The molecule has 1 aromatic heterocycles. The molecule has 2 aliphatic rings. The maximum atomic E-state index is 12.2. The van der Waals surface area contributed by atoms with Crippen LogP contribution < -0.4 is 5.32 Å². The van der Waals surface area contributed by atoms with E-state index >= 15 is 0 Å². The fourth-order valence-corrected chi connectivity index (χ4v) is 3.03. The largest absolute Gasteiger partial charge is 0.343 e. The Morgan fingerprint density at radius 2 is 2.16 bits per heavy atom. The molecule has 2 fully saturated rings. The number of hydrogen-bond acceptors (Lipinski definition) is 4. The number of urea groups is 1. The first-order chi connectivity index (χ1) is 9.33. The second-order valence-electron chi connectivity index (χ2n) is 5.51. The van der Waals surface area contributed by atoms with Gasteiger partial charge in [0.1, 0.15) is 0 Å². The standard InChI is InChI=1S/C13H20N4O2/c18-13(15-11-4-2-1-3-5-11)17-7-6-10(8-17)12-14-9-19-16-12/h9-11H,1-8H2,(H,15,18)/t10-/m1/s1. The Kier molecular flexibility index (Phi) is 3.66. The molecule has 1 saturated carbocycles. The van der Waals surface area contributed by atoms with Crippen molar-refractivity contribution in [3.05, 3.63) is 12.2 Å². The van der Waals surface area contributed by atoms with Crippen molar-refractivity contribution >= 4 is 6.03 Å². The van der Waals surface area contributed by atoms with Crippen LogP contribution in [0.1, 0.15) is 50.3 Å². The summed E-state index contributed by atoms with van der Waals surface area (Å²) in [5, 5.41) is 7.01. The molecule has 2 heterocycles. The quantitative estimate of drug-likeness (QED) is 0.885. The van der Waals surface area contributed by atoms with Crippen LogP contribution in [-0.2, 0) is 0 Å². The van der Waals surface area contributed by atoms with Crippen LogP contribution >= 0.6 is 0 Å². The number of carbonyl (C=O) groups is 1. The molecule has 3 rings (SSSR count). The van der Waals surface area contributed by atoms with Gasteiger partial charge in [-0.1, -0.05) is 24.4 Å². The van der Waals surface area contributed by atoms with Crippen LogP contribution in [0.15, 0.2) is 10.9 Å². The first-order valence-corrected chi connectivity index (χ1v) is 7.14. The van der Waals surface area contributed by atoms with Crippen molar-refractivity contribution in [1.82, 2.24) is 20.4 Å². The topological polar surface area (TPSA) is 71.3 Å². The van der Waals surface area contributed by atoms with Crippen molar-refractivity contribution in [2.75, 3.05) is 13.1 Å². The summed E-state index contributed by atoms with van der Waals surface area (Å²) in [6.07, 6.45) is 8.27. The molecule has 0 aromatic carbocycles. The second-order valence-corrected chi connectivity index (χ2v) is 5.51. The molecular formula is C13H20N4O2. The monoisotopic (exact) mass is 264 g/mol. The fraction of sp³-hybridized carbons (Fsp3) is 0.769. The summed E-state index contributed by atoms with van der Waals surface area (Å²) in [6, 6.07) is 0.434. The number of likely N-dealkylation sites (tertiary alicyclic amines) is 1. The Hall–Kier alpha value is -1.59. The van der Waals surface area contributed by atoms with Gasteiger partial charge >= 0.3 is 6.03 Å². The van der Waals surface area contributed by atoms with E-state index in [1.807, 2.05) is 4.90 Å². The van der Waals surface area contributed by atoms with Crippen molar-refractivity contribution in [1.29, 1.82) is 0 Å². The van der Waals surface area contributed by atoms with E-state index in [1.54, 1.807) is 0 Å². The minimum Gasteiger partial charge on any atom is -0.343 e. The van der Waals surface area contributed by atoms with Gasteiger partial charge < -0.3 is 14.7 Å². The predicted octanol–water partition coefficient (Wildman–Crippen LogP) is 1.90. The summed E-state index contributed by atoms with van der Waals surface area (Å²) in [5.41, 5.74) is 0. The molecular weight excluding hydrogens is 244 g/mol. The van der Waals surface area contributed by atoms with E-state index in [2.05, 4.69) is 15.5 Å². The van der Waals surface area contributed by atoms with E-state index in [0.717, 1.165) is 25.8 Å². The van der Waals surface area contributed by atoms with Crippen molar-refractivity contribution < 1.29 is 9.32 Å². The Balaban J connectivity index is 1.51. The van der Waals surface area contributed by atoms with Crippen molar-refractivity contribution in [3.63, 3.8) is 0 Å². The molecule has 1 aliphatic carbocycles. The van der Waals surface area contributed by atoms with Crippen molar-refractivity contribution in [2.45, 2.75) is 50.5 Å². The molecule has 0 unspecified atom stereocenters. The van der Waals surface area contributed by atoms with E-state index < -0.39 is 0 Å². The highest BCUT2D eigenvalue weighted by molar-refractivity contribution is 5.75. The molecule has 6 heteroatoms. The zero-order valence-electron chi connectivity index (χ0n) is 11.0. The Morgan fingerprint density at radius 3 is 2.89 bits per heavy atom. The summed E-state index contributed by atoms with van der Waals surface area (Å²) >= 11 is 0. The van der Waals surface area contributed by atoms with Crippen molar-refractivity contribution in [2.24, 2.45) is 0 Å². The molecule has 1 aromatic rings. The third-order valence-corrected chi connectivity index (χ3v) is 4.15. The minimum absolute atomic E-state index is 0.0675. The lowest BCUT2D eigenvalue weighted by molar-refractivity contribution is 0.200. The van der Waals surface area contributed by atoms with Gasteiger partial charge in [-0.05, 0) is 19.3 Å². The lowest BCUT2D eigenvalue weighted by Crippen LogP contribution is -2.44. The Labute approximate surface area is 112 Å². The number of rotatable bonds is 2. The highest BCUT2D eigenvalue weighted by Gasteiger charge is 2.30. The third-order valence-electron chi connectivity index (χ3n) is 4.15. The molecule has 1 atom stereocenters. The van der Waals surface area contributed by atoms with Gasteiger partial charge in [0.05, 0.1) is 0 Å². The molecule has 1 aliphatic heterocycles. The lowest BCUT2D eigenvalue weighted by atomic mass is 9.96. The van der Waals surface area contributed by atoms with Crippen LogP contribution in [0.4, 0.5) is 4.79 Å². The molecule has 2 amide bonds. The normalized spacial score (nSPS) is 24.6. The van der Waals surface area contributed by atoms with Gasteiger partial charge in [-0.3, -0.25) is 0 Å². The summed E-state index contributed by atoms with van der Waals surface area (Å²) in [5.74, 6) is 0.934. The van der Waals surface area contributed by atoms with Gasteiger partial charge in [0.15, 0.2) is 5.82 Å². The van der Waals surface area contributed by atoms with E-state index in [1.165, 1.54) is 25.7 Å². The van der Waals surface area contributed by atoms with Crippen LogP contribution in [-0.4, -0.2) is 40.2 Å². The maximum absolute atomic E-state index is 12.2. The first-order valence-electron chi connectivity index (χ1n) is 7.14. The minimum atomic E-state index is 0.0675. The van der Waals surface area contributed by atoms with Gasteiger partial charge in [-0.15, -0.1) is 0 Å². The van der Waals surface area contributed by atoms with Crippen LogP contribution in [0.25, 0.3) is 0 Å². The van der Waals surface area contributed by atoms with Crippen LogP contribution in [0.2, 0.25) is 0 Å². The van der Waals surface area contributed by atoms with E-state index in [-0.39, 0.29) is 11.9 Å². The molecule has 1 saturated heterocycles. The number of aromatic nitrogens is 2. The average molecular weight is 264 g/mol. The average Bonchev–Trinajstić information content (AvgIpc) is 3.11. The maximum Gasteiger partial charge on any atom is 0.317 e. The number of carbonyl (C=O) groups excluding carboxylic acids is 1. The van der Waals surface area contributed by atoms with Gasteiger partial charge in [0.2, 0.25) is 6.39 Å². The number of hydrogen-bond donors (Lipinski definition) is 1. The van der Waals surface area contributed by atoms with Gasteiger partial charge in [0.25, 0.3) is 0 Å². The van der Waals surface area contributed by atoms with E-state index in [4.69, 9.17) is 4.52 Å². The molecule has 6 nitrogen and oxygen atoms in total. The van der Waals surface area contributed by atoms with Crippen LogP contribution in [0.3, 0.4) is 0 Å². The van der Waals surface area contributed by atoms with Crippen LogP contribution in [0.5, 0.6) is 0 Å². The number of nitrogens with zero attached hydrogens (tertiary/aromatic N) is 3. The number of amides is 2. The first kappa shape index (κ1) is 12.4. The molecule has 104 valence electrons. The zero-order chi connectivity index (χ0) is 13.1. The van der Waals surface area contributed by atoms with Crippen molar-refractivity contribution in [3.8, 4) is 0 Å². The highest BCUT2D eigenvalue weighted by atomic mass is 16.5. The summed E-state index contributed by atoms with van der Waals surface area (Å²) in [4.78, 5) is 18.1. The van der Waals surface area contributed by atoms with Crippen LogP contribution in [0, 0.1) is 0 Å². The molecule has 0 bridgehead atoms. The molecule has 19 heavy (non-hydrogen) atoms.